The molecule has 0 rings (SSSR count). The predicted octanol–water partition coefficient (Wildman–Crippen LogP) is 11.2. The number of carbonyl (C=O) groups is 1. The van der Waals surface area contributed by atoms with Gasteiger partial charge in [-0.25, -0.2) is 0 Å². The first-order chi connectivity index (χ1) is 20.2. The molecule has 0 heterocycles. The fourth-order valence-electron chi connectivity index (χ4n) is 5.06. The van der Waals surface area contributed by atoms with Crippen LogP contribution in [0, 0.1) is 0 Å². The first kappa shape index (κ1) is 39.9. The monoisotopic (exact) mass is 579 g/mol. The van der Waals surface area contributed by atoms with E-state index in [1.165, 1.54) is 135 Å². The molecule has 0 fully saturated rings. The van der Waals surface area contributed by atoms with Gasteiger partial charge in [0.15, 0.2) is 0 Å². The van der Waals surface area contributed by atoms with Crippen molar-refractivity contribution in [3.05, 3.63) is 24.3 Å². The van der Waals surface area contributed by atoms with Crippen molar-refractivity contribution in [2.75, 3.05) is 19.8 Å². The quantitative estimate of drug-likeness (QED) is 0.0478. The molecule has 1 atom stereocenters. The highest BCUT2D eigenvalue weighted by molar-refractivity contribution is 5.69. The van der Waals surface area contributed by atoms with Crippen LogP contribution >= 0.6 is 0 Å². The molecule has 4 heteroatoms. The second-order valence-corrected chi connectivity index (χ2v) is 11.9. The lowest BCUT2D eigenvalue weighted by atomic mass is 10.1. The number of aliphatic hydroxyl groups excluding tert-OH is 1. The second-order valence-electron chi connectivity index (χ2n) is 11.9. The maximum Gasteiger partial charge on any atom is 0.306 e. The lowest BCUT2D eigenvalue weighted by Gasteiger charge is -2.15. The van der Waals surface area contributed by atoms with E-state index >= 15 is 0 Å². The van der Waals surface area contributed by atoms with Crippen molar-refractivity contribution in [3.8, 4) is 0 Å². The summed E-state index contributed by atoms with van der Waals surface area (Å²) in [7, 11) is 0. The normalized spacial score (nSPS) is 12.6. The van der Waals surface area contributed by atoms with Gasteiger partial charge in [-0.05, 0) is 44.9 Å². The van der Waals surface area contributed by atoms with E-state index in [-0.39, 0.29) is 12.6 Å². The second kappa shape index (κ2) is 35.1. The number of hydrogen-bond acceptors (Lipinski definition) is 4. The van der Waals surface area contributed by atoms with Gasteiger partial charge in [0.2, 0.25) is 0 Å². The number of carbonyl (C=O) groups excluding carboxylic acids is 1. The summed E-state index contributed by atoms with van der Waals surface area (Å²) < 4.78 is 11.0. The molecule has 0 saturated carbocycles. The van der Waals surface area contributed by atoms with Crippen LogP contribution in [0.3, 0.4) is 0 Å². The molecule has 0 aliphatic heterocycles. The molecule has 0 aromatic rings. The largest absolute Gasteiger partial charge is 0.457 e. The van der Waals surface area contributed by atoms with Crippen LogP contribution in [0.5, 0.6) is 0 Å². The summed E-state index contributed by atoms with van der Waals surface area (Å²) in [5, 5.41) is 9.49. The fourth-order valence-corrected chi connectivity index (χ4v) is 5.06. The van der Waals surface area contributed by atoms with Gasteiger partial charge in [-0.3, -0.25) is 4.79 Å². The van der Waals surface area contributed by atoms with E-state index in [9.17, 15) is 9.90 Å². The predicted molar refractivity (Wildman–Crippen MR) is 177 cm³/mol. The summed E-state index contributed by atoms with van der Waals surface area (Å²) in [6.07, 6.45) is 40.9. The third-order valence-electron chi connectivity index (χ3n) is 7.78. The third kappa shape index (κ3) is 33.2. The average molecular weight is 579 g/mol. The van der Waals surface area contributed by atoms with Crippen LogP contribution in [0.25, 0.3) is 0 Å². The van der Waals surface area contributed by atoms with Gasteiger partial charge in [-0.15, -0.1) is 0 Å². The molecule has 0 radical (unpaired) electrons. The van der Waals surface area contributed by atoms with Crippen LogP contribution in [0.4, 0.5) is 0 Å². The molecule has 242 valence electrons. The van der Waals surface area contributed by atoms with Gasteiger partial charge in [0.1, 0.15) is 6.10 Å². The molecule has 0 aromatic carbocycles. The van der Waals surface area contributed by atoms with Crippen LogP contribution in [0.1, 0.15) is 181 Å². The first-order valence-corrected chi connectivity index (χ1v) is 17.9. The molecule has 0 aromatic heterocycles. The minimum absolute atomic E-state index is 0.170. The number of unbranched alkanes of at least 4 members (excludes halogenated alkanes) is 21. The van der Waals surface area contributed by atoms with Gasteiger partial charge in [-0.2, -0.15) is 0 Å². The van der Waals surface area contributed by atoms with E-state index in [1.54, 1.807) is 0 Å². The van der Waals surface area contributed by atoms with Gasteiger partial charge in [0, 0.05) is 13.0 Å². The van der Waals surface area contributed by atoms with Gasteiger partial charge in [-0.1, -0.05) is 154 Å². The van der Waals surface area contributed by atoms with Gasteiger partial charge < -0.3 is 14.6 Å². The van der Waals surface area contributed by atoms with Crippen molar-refractivity contribution in [3.63, 3.8) is 0 Å². The zero-order valence-corrected chi connectivity index (χ0v) is 27.6. The highest BCUT2D eigenvalue weighted by Gasteiger charge is 2.13. The van der Waals surface area contributed by atoms with E-state index in [4.69, 9.17) is 9.47 Å². The van der Waals surface area contributed by atoms with Crippen LogP contribution in [0.2, 0.25) is 0 Å². The summed E-state index contributed by atoms with van der Waals surface area (Å²) in [4.78, 5) is 12.0. The summed E-state index contributed by atoms with van der Waals surface area (Å²) >= 11 is 0. The van der Waals surface area contributed by atoms with Crippen LogP contribution in [-0.4, -0.2) is 37.0 Å². The number of hydrogen-bond donors (Lipinski definition) is 1. The SMILES string of the molecule is CCCCCCC/C=C\C/C=C\CCCCCCCCCCCCOCC(CO)OC(=O)CCCCCCCCC. The number of rotatable bonds is 33. The van der Waals surface area contributed by atoms with Crippen molar-refractivity contribution >= 4 is 5.97 Å². The van der Waals surface area contributed by atoms with E-state index in [0.29, 0.717) is 19.6 Å². The topological polar surface area (TPSA) is 55.8 Å². The van der Waals surface area contributed by atoms with Crippen molar-refractivity contribution in [2.24, 2.45) is 0 Å². The highest BCUT2D eigenvalue weighted by atomic mass is 16.6. The van der Waals surface area contributed by atoms with Crippen LogP contribution < -0.4 is 0 Å². The Kier molecular flexibility index (Phi) is 34.1. The third-order valence-corrected chi connectivity index (χ3v) is 7.78. The fraction of sp³-hybridized carbons (Fsp3) is 0.865. The number of aliphatic hydroxyl groups is 1. The smallest absolute Gasteiger partial charge is 0.306 e. The van der Waals surface area contributed by atoms with Crippen LogP contribution in [-0.2, 0) is 14.3 Å². The Labute approximate surface area is 256 Å². The number of esters is 1. The van der Waals surface area contributed by atoms with Crippen molar-refractivity contribution in [1.82, 2.24) is 0 Å². The standard InChI is InChI=1S/C37H70O4/c1-3-5-7-9-11-12-13-14-15-16-17-18-19-20-21-22-23-24-25-27-29-31-33-40-35-36(34-38)41-37(39)32-30-28-26-10-8-6-4-2/h13-14,16-17,36,38H,3-12,15,18-35H2,1-2H3/b14-13-,17-16-. The Morgan fingerprint density at radius 1 is 0.585 bits per heavy atom. The van der Waals surface area contributed by atoms with Crippen LogP contribution in [0.15, 0.2) is 24.3 Å². The summed E-state index contributed by atoms with van der Waals surface area (Å²) in [6.45, 7) is 5.30. The lowest BCUT2D eigenvalue weighted by molar-refractivity contribution is -0.154. The molecule has 41 heavy (non-hydrogen) atoms. The zero-order chi connectivity index (χ0) is 29.9. The number of allylic oxidation sites excluding steroid dienone is 4. The Hall–Kier alpha value is -1.13. The summed E-state index contributed by atoms with van der Waals surface area (Å²) in [6, 6.07) is 0. The first-order valence-electron chi connectivity index (χ1n) is 17.9. The van der Waals surface area contributed by atoms with Gasteiger partial charge >= 0.3 is 5.97 Å². The maximum atomic E-state index is 12.0. The molecular weight excluding hydrogens is 508 g/mol. The molecular formula is C37H70O4. The molecule has 0 spiro atoms. The Balaban J connectivity index is 3.38. The minimum Gasteiger partial charge on any atom is -0.457 e. The zero-order valence-electron chi connectivity index (χ0n) is 27.6. The Morgan fingerprint density at radius 3 is 1.51 bits per heavy atom. The molecule has 0 aliphatic carbocycles. The van der Waals surface area contributed by atoms with Gasteiger partial charge in [0.05, 0.1) is 13.2 Å². The maximum absolute atomic E-state index is 12.0. The molecule has 1 unspecified atom stereocenters. The van der Waals surface area contributed by atoms with E-state index in [2.05, 4.69) is 38.2 Å². The van der Waals surface area contributed by atoms with E-state index < -0.39 is 6.10 Å². The average Bonchev–Trinajstić information content (AvgIpc) is 2.98. The molecule has 0 aliphatic rings. The van der Waals surface area contributed by atoms with Gasteiger partial charge in [0.25, 0.3) is 0 Å². The number of ether oxygens (including phenoxy) is 2. The molecule has 0 saturated heterocycles. The Morgan fingerprint density at radius 2 is 1.02 bits per heavy atom. The van der Waals surface area contributed by atoms with Crippen molar-refractivity contribution in [1.29, 1.82) is 0 Å². The molecule has 4 nitrogen and oxygen atoms in total. The lowest BCUT2D eigenvalue weighted by Crippen LogP contribution is -2.27. The van der Waals surface area contributed by atoms with Crippen molar-refractivity contribution < 1.29 is 19.4 Å². The summed E-state index contributed by atoms with van der Waals surface area (Å²) in [5.74, 6) is -0.208. The van der Waals surface area contributed by atoms with E-state index in [0.717, 1.165) is 25.7 Å². The molecule has 0 bridgehead atoms. The minimum atomic E-state index is -0.528. The summed E-state index contributed by atoms with van der Waals surface area (Å²) in [5.41, 5.74) is 0. The molecule has 1 N–H and O–H groups in total. The highest BCUT2D eigenvalue weighted by Crippen LogP contribution is 2.13. The Bertz CT molecular complexity index is 571. The molecule has 0 amide bonds. The van der Waals surface area contributed by atoms with E-state index in [1.807, 2.05) is 0 Å². The van der Waals surface area contributed by atoms with Crippen molar-refractivity contribution in [2.45, 2.75) is 187 Å².